The van der Waals surface area contributed by atoms with Crippen LogP contribution in [0.25, 0.3) is 16.8 Å². The molecule has 2 heterocycles. The van der Waals surface area contributed by atoms with Crippen molar-refractivity contribution >= 4 is 17.2 Å². The number of anilines is 1. The Kier molecular flexibility index (Phi) is 4.50. The zero-order valence-corrected chi connectivity index (χ0v) is 15.9. The summed E-state index contributed by atoms with van der Waals surface area (Å²) in [4.78, 5) is 17.1. The molecule has 0 unspecified atom stereocenters. The SMILES string of the molecule is O=C(Nc1ccc(-c2ccccc2)cc1)c1cc2nc(C3CC3)cc(C(F)F)n2n1. The van der Waals surface area contributed by atoms with Crippen LogP contribution in [0.2, 0.25) is 0 Å². The molecule has 7 heteroatoms. The molecule has 5 nitrogen and oxygen atoms in total. The number of carbonyl (C=O) groups excluding carboxylic acids is 1. The first-order chi connectivity index (χ1) is 14.6. The van der Waals surface area contributed by atoms with E-state index in [2.05, 4.69) is 15.4 Å². The minimum absolute atomic E-state index is 0.0458. The van der Waals surface area contributed by atoms with Crippen LogP contribution in [0.1, 0.15) is 47.1 Å². The van der Waals surface area contributed by atoms with Crippen LogP contribution in [0.4, 0.5) is 14.5 Å². The Morgan fingerprint density at radius 2 is 1.70 bits per heavy atom. The molecule has 0 atom stereocenters. The van der Waals surface area contributed by atoms with E-state index in [-0.39, 0.29) is 23.0 Å². The third kappa shape index (κ3) is 3.54. The molecule has 0 spiro atoms. The minimum Gasteiger partial charge on any atom is -0.321 e. The van der Waals surface area contributed by atoms with E-state index in [9.17, 15) is 13.6 Å². The molecule has 5 rings (SSSR count). The van der Waals surface area contributed by atoms with Crippen LogP contribution in [-0.4, -0.2) is 20.5 Å². The molecule has 0 aliphatic heterocycles. The molecule has 1 N–H and O–H groups in total. The monoisotopic (exact) mass is 404 g/mol. The molecule has 0 radical (unpaired) electrons. The average molecular weight is 404 g/mol. The molecule has 1 aliphatic rings. The van der Waals surface area contributed by atoms with Gasteiger partial charge >= 0.3 is 0 Å². The van der Waals surface area contributed by atoms with Crippen molar-refractivity contribution in [2.45, 2.75) is 25.2 Å². The maximum atomic E-state index is 13.5. The van der Waals surface area contributed by atoms with Crippen molar-refractivity contribution in [2.24, 2.45) is 0 Å². The number of benzene rings is 2. The first-order valence-electron chi connectivity index (χ1n) is 9.74. The van der Waals surface area contributed by atoms with Crippen molar-refractivity contribution in [3.63, 3.8) is 0 Å². The fourth-order valence-corrected chi connectivity index (χ4v) is 3.44. The molecule has 1 saturated carbocycles. The Labute approximate surface area is 171 Å². The number of nitrogens with one attached hydrogen (secondary N) is 1. The van der Waals surface area contributed by atoms with Crippen molar-refractivity contribution in [3.8, 4) is 11.1 Å². The predicted molar refractivity (Wildman–Crippen MR) is 110 cm³/mol. The Morgan fingerprint density at radius 3 is 2.37 bits per heavy atom. The quantitative estimate of drug-likeness (QED) is 0.480. The molecule has 1 fully saturated rings. The van der Waals surface area contributed by atoms with Gasteiger partial charge in [0, 0.05) is 23.4 Å². The van der Waals surface area contributed by atoms with Crippen molar-refractivity contribution < 1.29 is 13.6 Å². The van der Waals surface area contributed by atoms with Crippen molar-refractivity contribution in [2.75, 3.05) is 5.32 Å². The second-order valence-corrected chi connectivity index (χ2v) is 7.38. The number of halogens is 2. The van der Waals surface area contributed by atoms with Crippen LogP contribution >= 0.6 is 0 Å². The van der Waals surface area contributed by atoms with Gasteiger partial charge in [-0.2, -0.15) is 5.10 Å². The summed E-state index contributed by atoms with van der Waals surface area (Å²) >= 11 is 0. The Balaban J connectivity index is 1.40. The van der Waals surface area contributed by atoms with Gasteiger partial charge in [-0.15, -0.1) is 0 Å². The number of aromatic nitrogens is 3. The fourth-order valence-electron chi connectivity index (χ4n) is 3.44. The third-order valence-electron chi connectivity index (χ3n) is 5.18. The van der Waals surface area contributed by atoms with Gasteiger partial charge in [0.05, 0.1) is 0 Å². The number of nitrogens with zero attached hydrogens (tertiary/aromatic N) is 3. The summed E-state index contributed by atoms with van der Waals surface area (Å²) in [5.74, 6) is -0.246. The number of alkyl halides is 2. The molecule has 30 heavy (non-hydrogen) atoms. The van der Waals surface area contributed by atoms with Gasteiger partial charge in [-0.1, -0.05) is 42.5 Å². The first-order valence-corrected chi connectivity index (χ1v) is 9.74. The summed E-state index contributed by atoms with van der Waals surface area (Å²) in [6.07, 6.45) is -0.798. The first kappa shape index (κ1) is 18.4. The summed E-state index contributed by atoms with van der Waals surface area (Å²) in [6, 6.07) is 20.2. The largest absolute Gasteiger partial charge is 0.321 e. The lowest BCUT2D eigenvalue weighted by atomic mass is 10.1. The van der Waals surface area contributed by atoms with E-state index in [0.29, 0.717) is 11.4 Å². The zero-order chi connectivity index (χ0) is 20.7. The highest BCUT2D eigenvalue weighted by Gasteiger charge is 2.28. The highest BCUT2D eigenvalue weighted by Crippen LogP contribution is 2.40. The molecule has 0 bridgehead atoms. The molecule has 0 saturated heterocycles. The van der Waals surface area contributed by atoms with Crippen molar-refractivity contribution in [1.29, 1.82) is 0 Å². The van der Waals surface area contributed by atoms with E-state index in [4.69, 9.17) is 0 Å². The summed E-state index contributed by atoms with van der Waals surface area (Å²) in [5.41, 5.74) is 3.41. The standard InChI is InChI=1S/C23H18F2N4O/c24-22(25)20-12-18(16-6-7-16)27-21-13-19(28-29(20)21)23(30)26-17-10-8-15(9-11-17)14-4-2-1-3-5-14/h1-5,8-13,16,22H,6-7H2,(H,26,30). The van der Waals surface area contributed by atoms with E-state index >= 15 is 0 Å². The number of rotatable bonds is 5. The predicted octanol–water partition coefficient (Wildman–Crippen LogP) is 5.46. The van der Waals surface area contributed by atoms with Crippen LogP contribution in [0, 0.1) is 0 Å². The molecule has 2 aromatic carbocycles. The number of carbonyl (C=O) groups is 1. The van der Waals surface area contributed by atoms with E-state index < -0.39 is 12.3 Å². The molecule has 1 amide bonds. The van der Waals surface area contributed by atoms with Gasteiger partial charge in [0.15, 0.2) is 11.3 Å². The van der Waals surface area contributed by atoms with E-state index in [0.717, 1.165) is 28.5 Å². The summed E-state index contributed by atoms with van der Waals surface area (Å²) in [6.45, 7) is 0. The van der Waals surface area contributed by atoms with Crippen LogP contribution in [0.15, 0.2) is 66.7 Å². The van der Waals surface area contributed by atoms with E-state index in [1.54, 1.807) is 12.1 Å². The summed E-state index contributed by atoms with van der Waals surface area (Å²) in [5, 5.41) is 6.84. The molecular weight excluding hydrogens is 386 g/mol. The van der Waals surface area contributed by atoms with Crippen LogP contribution in [0.3, 0.4) is 0 Å². The third-order valence-corrected chi connectivity index (χ3v) is 5.18. The molecule has 4 aromatic rings. The number of fused-ring (bicyclic) bond motifs is 1. The highest BCUT2D eigenvalue weighted by atomic mass is 19.3. The second kappa shape index (κ2) is 7.33. The van der Waals surface area contributed by atoms with Gasteiger partial charge in [-0.05, 0) is 42.2 Å². The average Bonchev–Trinajstić information content (AvgIpc) is 3.52. The number of hydrogen-bond donors (Lipinski definition) is 1. The molecule has 1 aliphatic carbocycles. The molecule has 150 valence electrons. The Morgan fingerprint density at radius 1 is 1.00 bits per heavy atom. The molecule has 2 aromatic heterocycles. The van der Waals surface area contributed by atoms with Crippen molar-refractivity contribution in [3.05, 3.63) is 83.8 Å². The normalized spacial score (nSPS) is 13.7. The van der Waals surface area contributed by atoms with Crippen LogP contribution < -0.4 is 5.32 Å². The summed E-state index contributed by atoms with van der Waals surface area (Å²) in [7, 11) is 0. The van der Waals surface area contributed by atoms with Gasteiger partial charge in [0.25, 0.3) is 12.3 Å². The van der Waals surface area contributed by atoms with Gasteiger partial charge in [0.1, 0.15) is 5.69 Å². The van der Waals surface area contributed by atoms with E-state index in [1.807, 2.05) is 42.5 Å². The number of amides is 1. The van der Waals surface area contributed by atoms with Crippen molar-refractivity contribution in [1.82, 2.24) is 14.6 Å². The Bertz CT molecular complexity index is 1220. The highest BCUT2D eigenvalue weighted by molar-refractivity contribution is 6.03. The Hall–Kier alpha value is -3.61. The second-order valence-electron chi connectivity index (χ2n) is 7.38. The topological polar surface area (TPSA) is 59.3 Å². The maximum Gasteiger partial charge on any atom is 0.280 e. The van der Waals surface area contributed by atoms with Gasteiger partial charge < -0.3 is 5.32 Å². The lowest BCUT2D eigenvalue weighted by Gasteiger charge is -2.06. The van der Waals surface area contributed by atoms with E-state index in [1.165, 1.54) is 12.1 Å². The maximum absolute atomic E-state index is 13.5. The smallest absolute Gasteiger partial charge is 0.280 e. The van der Waals surface area contributed by atoms with Gasteiger partial charge in [-0.25, -0.2) is 18.3 Å². The molecular formula is C23H18F2N4O. The lowest BCUT2D eigenvalue weighted by Crippen LogP contribution is -2.13. The summed E-state index contributed by atoms with van der Waals surface area (Å²) < 4.78 is 28.1. The van der Waals surface area contributed by atoms with Crippen LogP contribution in [-0.2, 0) is 0 Å². The van der Waals surface area contributed by atoms with Gasteiger partial charge in [0.2, 0.25) is 0 Å². The number of hydrogen-bond acceptors (Lipinski definition) is 3. The van der Waals surface area contributed by atoms with Gasteiger partial charge in [-0.3, -0.25) is 4.79 Å². The zero-order valence-electron chi connectivity index (χ0n) is 15.9. The lowest BCUT2D eigenvalue weighted by molar-refractivity contribution is 0.102. The minimum atomic E-state index is -2.70. The fraction of sp³-hybridized carbons (Fsp3) is 0.174. The van der Waals surface area contributed by atoms with Crippen LogP contribution in [0.5, 0.6) is 0 Å².